The molecular weight excluding hydrogens is 146 g/mol. The van der Waals surface area contributed by atoms with Gasteiger partial charge in [-0.2, -0.15) is 0 Å². The third-order valence-corrected chi connectivity index (χ3v) is 1.65. The van der Waals surface area contributed by atoms with Gasteiger partial charge in [0.15, 0.2) is 17.1 Å². The topological polar surface area (TPSA) is 58.5 Å². The van der Waals surface area contributed by atoms with Crippen LogP contribution in [0.2, 0.25) is 0 Å². The molecule has 2 rings (SSSR count). The predicted octanol–water partition coefficient (Wildman–Crippen LogP) is 1.18. The largest absolute Gasteiger partial charge is 0.503 e. The molecule has 0 spiro atoms. The Morgan fingerprint density at radius 3 is 2.73 bits per heavy atom. The van der Waals surface area contributed by atoms with Gasteiger partial charge >= 0.3 is 0 Å². The predicted molar refractivity (Wildman–Crippen MR) is 38.5 cm³/mol. The lowest BCUT2D eigenvalue weighted by Crippen LogP contribution is -1.80. The summed E-state index contributed by atoms with van der Waals surface area (Å²) in [6, 6.07) is 0. The van der Waals surface area contributed by atoms with Crippen LogP contribution in [0.5, 0.6) is 11.5 Å². The molecule has 0 saturated heterocycles. The van der Waals surface area contributed by atoms with Gasteiger partial charge in [0.1, 0.15) is 11.8 Å². The first-order valence-corrected chi connectivity index (χ1v) is 3.14. The zero-order chi connectivity index (χ0) is 8.01. The highest BCUT2D eigenvalue weighted by molar-refractivity contribution is 5.86. The van der Waals surface area contributed by atoms with E-state index in [9.17, 15) is 10.2 Å². The minimum absolute atomic E-state index is 0.0443. The third kappa shape index (κ3) is 0.633. The van der Waals surface area contributed by atoms with Gasteiger partial charge in [-0.3, -0.25) is 0 Å². The van der Waals surface area contributed by atoms with E-state index in [1.54, 1.807) is 11.6 Å². The molecule has 11 heavy (non-hydrogen) atoms. The van der Waals surface area contributed by atoms with Gasteiger partial charge < -0.3 is 19.2 Å². The third-order valence-electron chi connectivity index (χ3n) is 1.65. The van der Waals surface area contributed by atoms with Crippen LogP contribution in [-0.2, 0) is 7.05 Å². The van der Waals surface area contributed by atoms with Crippen molar-refractivity contribution in [3.8, 4) is 11.5 Å². The molecule has 0 radical (unpaired) electrons. The van der Waals surface area contributed by atoms with E-state index in [4.69, 9.17) is 4.42 Å². The molecule has 58 valence electrons. The van der Waals surface area contributed by atoms with E-state index >= 15 is 0 Å². The van der Waals surface area contributed by atoms with Gasteiger partial charge in [0.05, 0.1) is 6.20 Å². The van der Waals surface area contributed by atoms with Crippen molar-refractivity contribution in [2.75, 3.05) is 0 Å². The second kappa shape index (κ2) is 1.72. The van der Waals surface area contributed by atoms with Crippen LogP contribution in [0.4, 0.5) is 0 Å². The Balaban J connectivity index is 2.98. The number of hydrogen-bond donors (Lipinski definition) is 2. The highest BCUT2D eigenvalue weighted by Gasteiger charge is 2.12. The minimum Gasteiger partial charge on any atom is -0.503 e. The van der Waals surface area contributed by atoms with Gasteiger partial charge in [0.2, 0.25) is 0 Å². The molecule has 0 unspecified atom stereocenters. The van der Waals surface area contributed by atoms with Gasteiger partial charge in [-0.05, 0) is 0 Å². The first-order valence-electron chi connectivity index (χ1n) is 3.14. The Hall–Kier alpha value is -1.58. The summed E-state index contributed by atoms with van der Waals surface area (Å²) in [5.74, 6) is 0.0885. The fourth-order valence-electron chi connectivity index (χ4n) is 1.17. The van der Waals surface area contributed by atoms with Crippen LogP contribution < -0.4 is 0 Å². The number of rotatable bonds is 0. The van der Waals surface area contributed by atoms with E-state index < -0.39 is 0 Å². The van der Waals surface area contributed by atoms with Gasteiger partial charge in [-0.15, -0.1) is 0 Å². The molecule has 0 aromatic carbocycles. The molecule has 2 heterocycles. The standard InChI is InChI=1S/C7H7NO3/c1-8-2-4(9)7-6(8)5(10)3-11-7/h2-3,9-10H,1H3. The lowest BCUT2D eigenvalue weighted by atomic mass is 10.4. The smallest absolute Gasteiger partial charge is 0.197 e. The fourth-order valence-corrected chi connectivity index (χ4v) is 1.17. The quantitative estimate of drug-likeness (QED) is 0.597. The van der Waals surface area contributed by atoms with Gasteiger partial charge in [0.25, 0.3) is 0 Å². The number of fused-ring (bicyclic) bond motifs is 1. The second-order valence-corrected chi connectivity index (χ2v) is 2.42. The summed E-state index contributed by atoms with van der Waals surface area (Å²) in [4.78, 5) is 0. The molecule has 0 aliphatic carbocycles. The van der Waals surface area contributed by atoms with E-state index in [2.05, 4.69) is 0 Å². The SMILES string of the molecule is Cn1cc(O)c2occ(O)c21. The monoisotopic (exact) mass is 153 g/mol. The van der Waals surface area contributed by atoms with Crippen molar-refractivity contribution in [3.63, 3.8) is 0 Å². The van der Waals surface area contributed by atoms with Crippen molar-refractivity contribution in [2.45, 2.75) is 0 Å². The van der Waals surface area contributed by atoms with Crippen LogP contribution in [-0.4, -0.2) is 14.8 Å². The number of aryl methyl sites for hydroxylation is 1. The van der Waals surface area contributed by atoms with Crippen molar-refractivity contribution < 1.29 is 14.6 Å². The van der Waals surface area contributed by atoms with E-state index in [1.165, 1.54) is 12.5 Å². The average molecular weight is 153 g/mol. The van der Waals surface area contributed by atoms with Crippen molar-refractivity contribution in [3.05, 3.63) is 12.5 Å². The number of aromatic hydroxyl groups is 2. The molecule has 0 bridgehead atoms. The average Bonchev–Trinajstić information content (AvgIpc) is 2.41. The lowest BCUT2D eigenvalue weighted by molar-refractivity contribution is 0.449. The van der Waals surface area contributed by atoms with Gasteiger partial charge in [-0.25, -0.2) is 0 Å². The number of hydrogen-bond acceptors (Lipinski definition) is 3. The Labute approximate surface area is 62.3 Å². The molecule has 2 aromatic rings. The lowest BCUT2D eigenvalue weighted by Gasteiger charge is -1.88. The maximum absolute atomic E-state index is 9.18. The Morgan fingerprint density at radius 1 is 1.36 bits per heavy atom. The molecule has 0 aliphatic rings. The molecule has 0 saturated carbocycles. The molecule has 4 heteroatoms. The van der Waals surface area contributed by atoms with Crippen LogP contribution >= 0.6 is 0 Å². The molecule has 0 atom stereocenters. The Bertz CT molecular complexity index is 399. The summed E-state index contributed by atoms with van der Waals surface area (Å²) in [5.41, 5.74) is 0.840. The van der Waals surface area contributed by atoms with E-state index in [0.29, 0.717) is 11.1 Å². The normalized spacial score (nSPS) is 11.0. The number of aromatic nitrogens is 1. The first-order chi connectivity index (χ1) is 5.20. The van der Waals surface area contributed by atoms with Crippen molar-refractivity contribution >= 4 is 11.1 Å². The minimum atomic E-state index is 0.0443. The Kier molecular flexibility index (Phi) is 0.961. The molecule has 0 aliphatic heterocycles. The van der Waals surface area contributed by atoms with Crippen LogP contribution in [0.25, 0.3) is 11.1 Å². The van der Waals surface area contributed by atoms with Crippen molar-refractivity contribution in [2.24, 2.45) is 7.05 Å². The Morgan fingerprint density at radius 2 is 2.09 bits per heavy atom. The molecule has 0 amide bonds. The van der Waals surface area contributed by atoms with E-state index in [1.807, 2.05) is 0 Å². The second-order valence-electron chi connectivity index (χ2n) is 2.42. The number of furan rings is 1. The molecule has 4 nitrogen and oxygen atoms in total. The molecule has 0 fully saturated rings. The van der Waals surface area contributed by atoms with Crippen LogP contribution in [0.15, 0.2) is 16.9 Å². The number of nitrogens with zero attached hydrogens (tertiary/aromatic N) is 1. The summed E-state index contributed by atoms with van der Waals surface area (Å²) in [6.07, 6.45) is 2.68. The fraction of sp³-hybridized carbons (Fsp3) is 0.143. The first kappa shape index (κ1) is 6.15. The summed E-state index contributed by atoms with van der Waals surface area (Å²) in [7, 11) is 1.72. The van der Waals surface area contributed by atoms with E-state index in [-0.39, 0.29) is 11.5 Å². The van der Waals surface area contributed by atoms with Crippen molar-refractivity contribution in [1.29, 1.82) is 0 Å². The zero-order valence-electron chi connectivity index (χ0n) is 5.90. The van der Waals surface area contributed by atoms with Crippen LogP contribution in [0.3, 0.4) is 0 Å². The maximum atomic E-state index is 9.18. The van der Waals surface area contributed by atoms with Gasteiger partial charge in [-0.1, -0.05) is 0 Å². The van der Waals surface area contributed by atoms with Crippen LogP contribution in [0, 0.1) is 0 Å². The summed E-state index contributed by atoms with van der Waals surface area (Å²) in [6.45, 7) is 0. The highest BCUT2D eigenvalue weighted by Crippen LogP contribution is 2.33. The summed E-state index contributed by atoms with van der Waals surface area (Å²) in [5, 5.41) is 18.4. The van der Waals surface area contributed by atoms with E-state index in [0.717, 1.165) is 0 Å². The van der Waals surface area contributed by atoms with Crippen molar-refractivity contribution in [1.82, 2.24) is 4.57 Å². The highest BCUT2D eigenvalue weighted by atomic mass is 16.4. The zero-order valence-corrected chi connectivity index (χ0v) is 5.90. The molecule has 2 aromatic heterocycles. The van der Waals surface area contributed by atoms with Crippen LogP contribution in [0.1, 0.15) is 0 Å². The maximum Gasteiger partial charge on any atom is 0.197 e. The molecule has 2 N–H and O–H groups in total. The molecular formula is C7H7NO3. The summed E-state index contributed by atoms with van der Waals surface area (Å²) >= 11 is 0. The van der Waals surface area contributed by atoms with Gasteiger partial charge in [0, 0.05) is 7.05 Å². The summed E-state index contributed by atoms with van der Waals surface area (Å²) < 4.78 is 6.48.